The van der Waals surface area contributed by atoms with Crippen molar-refractivity contribution in [2.75, 3.05) is 18.9 Å². The molecule has 0 unspecified atom stereocenters. The van der Waals surface area contributed by atoms with Crippen molar-refractivity contribution in [2.45, 2.75) is 11.7 Å². The molecule has 0 aliphatic heterocycles. The molecule has 0 saturated heterocycles. The predicted octanol–water partition coefficient (Wildman–Crippen LogP) is 4.18. The number of benzene rings is 2. The van der Waals surface area contributed by atoms with Crippen molar-refractivity contribution in [3.8, 4) is 17.1 Å². The summed E-state index contributed by atoms with van der Waals surface area (Å²) in [5.74, 6) is 1.70. The minimum Gasteiger partial charge on any atom is -0.492 e. The Balaban J connectivity index is 1.53. The first-order valence-electron chi connectivity index (χ1n) is 9.05. The van der Waals surface area contributed by atoms with E-state index in [0.717, 1.165) is 21.6 Å². The molecule has 0 aliphatic carbocycles. The lowest BCUT2D eigenvalue weighted by atomic mass is 10.2. The highest BCUT2D eigenvalue weighted by molar-refractivity contribution is 9.10. The van der Waals surface area contributed by atoms with Gasteiger partial charge in [-0.3, -0.25) is 9.36 Å². The Morgan fingerprint density at radius 1 is 1.21 bits per heavy atom. The van der Waals surface area contributed by atoms with E-state index in [9.17, 15) is 4.79 Å². The van der Waals surface area contributed by atoms with Gasteiger partial charge in [-0.1, -0.05) is 64.1 Å². The van der Waals surface area contributed by atoms with Gasteiger partial charge in [-0.05, 0) is 24.3 Å². The number of nitrogens with zero attached hydrogens (tertiary/aromatic N) is 3. The van der Waals surface area contributed by atoms with Gasteiger partial charge < -0.3 is 10.1 Å². The number of amides is 1. The zero-order chi connectivity index (χ0) is 20.5. The normalized spacial score (nSPS) is 10.5. The first-order chi connectivity index (χ1) is 14.2. The van der Waals surface area contributed by atoms with Crippen molar-refractivity contribution in [1.29, 1.82) is 0 Å². The van der Waals surface area contributed by atoms with Crippen molar-refractivity contribution in [3.63, 3.8) is 0 Å². The molecular weight excluding hydrogens is 452 g/mol. The number of ether oxygens (including phenoxy) is 1. The van der Waals surface area contributed by atoms with Gasteiger partial charge in [-0.15, -0.1) is 16.8 Å². The molecule has 0 spiro atoms. The summed E-state index contributed by atoms with van der Waals surface area (Å²) in [5, 5.41) is 12.1. The molecule has 3 aromatic rings. The van der Waals surface area contributed by atoms with E-state index in [2.05, 4.69) is 38.0 Å². The Labute approximate surface area is 182 Å². The third-order valence-electron chi connectivity index (χ3n) is 3.88. The lowest BCUT2D eigenvalue weighted by molar-refractivity contribution is -0.118. The Morgan fingerprint density at radius 3 is 2.79 bits per heavy atom. The van der Waals surface area contributed by atoms with E-state index in [-0.39, 0.29) is 11.7 Å². The summed E-state index contributed by atoms with van der Waals surface area (Å²) < 4.78 is 8.49. The van der Waals surface area contributed by atoms with Crippen molar-refractivity contribution in [2.24, 2.45) is 0 Å². The summed E-state index contributed by atoms with van der Waals surface area (Å²) in [6, 6.07) is 17.4. The zero-order valence-corrected chi connectivity index (χ0v) is 18.2. The minimum absolute atomic E-state index is 0.0798. The van der Waals surface area contributed by atoms with Gasteiger partial charge in [0.15, 0.2) is 11.0 Å². The maximum Gasteiger partial charge on any atom is 0.230 e. The van der Waals surface area contributed by atoms with Gasteiger partial charge >= 0.3 is 0 Å². The van der Waals surface area contributed by atoms with E-state index >= 15 is 0 Å². The fraction of sp³-hybridized carbons (Fsp3) is 0.190. The first kappa shape index (κ1) is 21.1. The number of allylic oxidation sites excluding steroid dienone is 1. The monoisotopic (exact) mass is 472 g/mol. The molecule has 0 bridgehead atoms. The summed E-state index contributed by atoms with van der Waals surface area (Å²) in [4.78, 5) is 12.1. The molecule has 1 heterocycles. The van der Waals surface area contributed by atoms with Crippen LogP contribution in [0.3, 0.4) is 0 Å². The Morgan fingerprint density at radius 2 is 2.03 bits per heavy atom. The molecule has 1 N–H and O–H groups in total. The fourth-order valence-electron chi connectivity index (χ4n) is 2.59. The fourth-order valence-corrected chi connectivity index (χ4v) is 3.76. The third kappa shape index (κ3) is 6.20. The highest BCUT2D eigenvalue weighted by Crippen LogP contribution is 2.26. The second-order valence-corrected chi connectivity index (χ2v) is 7.87. The molecule has 0 saturated carbocycles. The average molecular weight is 473 g/mol. The van der Waals surface area contributed by atoms with Crippen LogP contribution in [0.15, 0.2) is 76.9 Å². The van der Waals surface area contributed by atoms with Crippen LogP contribution in [0.1, 0.15) is 0 Å². The van der Waals surface area contributed by atoms with Gasteiger partial charge in [0.2, 0.25) is 5.91 Å². The highest BCUT2D eigenvalue weighted by atomic mass is 79.9. The number of halogens is 1. The van der Waals surface area contributed by atoms with E-state index in [1.165, 1.54) is 11.8 Å². The van der Waals surface area contributed by atoms with E-state index < -0.39 is 0 Å². The summed E-state index contributed by atoms with van der Waals surface area (Å²) in [5.41, 5.74) is 0.947. The van der Waals surface area contributed by atoms with Gasteiger partial charge in [0, 0.05) is 16.6 Å². The summed E-state index contributed by atoms with van der Waals surface area (Å²) in [6.45, 7) is 5.23. The molecule has 2 aromatic carbocycles. The Hall–Kier alpha value is -2.58. The van der Waals surface area contributed by atoms with Gasteiger partial charge in [0.05, 0.1) is 12.3 Å². The summed E-state index contributed by atoms with van der Waals surface area (Å²) in [6.07, 6.45) is 1.79. The standard InChI is InChI=1S/C21H21BrN4O2S/c1-2-12-26-20(16-7-6-8-17(22)14-16)24-25-21(26)29-15-19(27)23-11-13-28-18-9-4-3-5-10-18/h2-10,14H,1,11-13,15H2,(H,23,27). The average Bonchev–Trinajstić information content (AvgIpc) is 3.13. The molecule has 8 heteroatoms. The zero-order valence-electron chi connectivity index (χ0n) is 15.8. The van der Waals surface area contributed by atoms with E-state index in [0.29, 0.717) is 24.9 Å². The molecule has 29 heavy (non-hydrogen) atoms. The molecule has 1 aromatic heterocycles. The van der Waals surface area contributed by atoms with Gasteiger partial charge in [0.1, 0.15) is 12.4 Å². The molecular formula is C21H21BrN4O2S. The maximum absolute atomic E-state index is 12.1. The third-order valence-corrected chi connectivity index (χ3v) is 5.34. The van der Waals surface area contributed by atoms with Crippen LogP contribution in [-0.4, -0.2) is 39.6 Å². The summed E-state index contributed by atoms with van der Waals surface area (Å²) in [7, 11) is 0. The van der Waals surface area contributed by atoms with Crippen LogP contribution >= 0.6 is 27.7 Å². The van der Waals surface area contributed by atoms with Crippen LogP contribution in [-0.2, 0) is 11.3 Å². The molecule has 3 rings (SSSR count). The molecule has 150 valence electrons. The number of thioether (sulfide) groups is 1. The molecule has 0 fully saturated rings. The smallest absolute Gasteiger partial charge is 0.230 e. The number of carbonyl (C=O) groups excluding carboxylic acids is 1. The largest absolute Gasteiger partial charge is 0.492 e. The molecule has 0 radical (unpaired) electrons. The molecule has 1 amide bonds. The Kier molecular flexibility index (Phi) is 7.89. The number of hydrogen-bond donors (Lipinski definition) is 1. The van der Waals surface area contributed by atoms with Crippen molar-refractivity contribution in [3.05, 3.63) is 71.7 Å². The van der Waals surface area contributed by atoms with E-state index in [1.54, 1.807) is 6.08 Å². The topological polar surface area (TPSA) is 69.0 Å². The van der Waals surface area contributed by atoms with E-state index in [4.69, 9.17) is 4.74 Å². The second-order valence-electron chi connectivity index (χ2n) is 6.02. The van der Waals surface area contributed by atoms with Crippen LogP contribution in [0, 0.1) is 0 Å². The van der Waals surface area contributed by atoms with Crippen molar-refractivity contribution < 1.29 is 9.53 Å². The van der Waals surface area contributed by atoms with Crippen LogP contribution in [0.25, 0.3) is 11.4 Å². The maximum atomic E-state index is 12.1. The van der Waals surface area contributed by atoms with Crippen LogP contribution in [0.2, 0.25) is 0 Å². The number of carbonyl (C=O) groups is 1. The lowest BCUT2D eigenvalue weighted by Crippen LogP contribution is -2.29. The lowest BCUT2D eigenvalue weighted by Gasteiger charge is -2.09. The number of para-hydroxylation sites is 1. The number of hydrogen-bond acceptors (Lipinski definition) is 5. The van der Waals surface area contributed by atoms with Gasteiger partial charge in [-0.2, -0.15) is 0 Å². The SMILES string of the molecule is C=CCn1c(SCC(=O)NCCOc2ccccc2)nnc1-c1cccc(Br)c1. The summed E-state index contributed by atoms with van der Waals surface area (Å²) >= 11 is 4.82. The minimum atomic E-state index is -0.0798. The molecule has 0 aliphatic rings. The second kappa shape index (κ2) is 10.8. The van der Waals surface area contributed by atoms with Crippen LogP contribution < -0.4 is 10.1 Å². The van der Waals surface area contributed by atoms with Crippen LogP contribution in [0.5, 0.6) is 5.75 Å². The quantitative estimate of drug-likeness (QED) is 0.272. The first-order valence-corrected chi connectivity index (χ1v) is 10.8. The van der Waals surface area contributed by atoms with E-state index in [1.807, 2.05) is 59.2 Å². The molecule has 0 atom stereocenters. The number of rotatable bonds is 10. The number of aromatic nitrogens is 3. The predicted molar refractivity (Wildman–Crippen MR) is 119 cm³/mol. The highest BCUT2D eigenvalue weighted by Gasteiger charge is 2.15. The Bertz CT molecular complexity index is 962. The van der Waals surface area contributed by atoms with Crippen LogP contribution in [0.4, 0.5) is 0 Å². The van der Waals surface area contributed by atoms with Gasteiger partial charge in [0.25, 0.3) is 0 Å². The number of nitrogens with one attached hydrogen (secondary N) is 1. The van der Waals surface area contributed by atoms with Crippen molar-refractivity contribution in [1.82, 2.24) is 20.1 Å². The molecule has 6 nitrogen and oxygen atoms in total. The van der Waals surface area contributed by atoms with Crippen molar-refractivity contribution >= 4 is 33.6 Å². The van der Waals surface area contributed by atoms with Gasteiger partial charge in [-0.25, -0.2) is 0 Å².